The molecule has 9 nitrogen and oxygen atoms in total. The summed E-state index contributed by atoms with van der Waals surface area (Å²) in [6, 6.07) is -0.0954. The number of imidazole rings is 1. The molecule has 0 bridgehead atoms. The largest absolute Gasteiger partial charge is 0.686 e. The number of nitrogens with two attached hydrogens (primary N) is 1. The van der Waals surface area contributed by atoms with Gasteiger partial charge in [-0.2, -0.15) is 0 Å². The number of ether oxygens (including phenoxy) is 1. The predicted molar refractivity (Wildman–Crippen MR) is 73.8 cm³/mol. The molecule has 1 aliphatic carbocycles. The van der Waals surface area contributed by atoms with Gasteiger partial charge < -0.3 is 29.7 Å². The highest BCUT2D eigenvalue weighted by atomic mass is 31.2. The normalized spacial score (nSPS) is 22.3. The fourth-order valence-corrected chi connectivity index (χ4v) is 2.93. The summed E-state index contributed by atoms with van der Waals surface area (Å²) in [5, 5.41) is 0. The third-order valence-electron chi connectivity index (χ3n) is 3.60. The SMILES string of the molecule is CC1=C[C@@H](n2cnc3c(N)ncnc32)C[C@H]1OC[P+]([O-])([O-])[O-]. The number of hydrogen-bond donors (Lipinski definition) is 1. The van der Waals surface area contributed by atoms with Crippen LogP contribution in [0.1, 0.15) is 19.4 Å². The van der Waals surface area contributed by atoms with Gasteiger partial charge in [0.15, 0.2) is 11.5 Å². The zero-order chi connectivity index (χ0) is 15.9. The lowest BCUT2D eigenvalue weighted by Gasteiger charge is -2.41. The molecule has 0 saturated carbocycles. The van der Waals surface area contributed by atoms with Crippen molar-refractivity contribution in [3.8, 4) is 0 Å². The van der Waals surface area contributed by atoms with Gasteiger partial charge in [-0.1, -0.05) is 6.08 Å². The van der Waals surface area contributed by atoms with E-state index in [4.69, 9.17) is 10.5 Å². The molecule has 2 aromatic heterocycles. The molecular formula is C12H14N5O4P-2. The highest BCUT2D eigenvalue weighted by Crippen LogP contribution is 2.36. The number of aromatic nitrogens is 4. The second kappa shape index (κ2) is 5.53. The van der Waals surface area contributed by atoms with Crippen LogP contribution in [0.5, 0.6) is 0 Å². The number of hydrogen-bond acceptors (Lipinski definition) is 8. The standard InChI is InChI=1S/C12H16N5O4P/c1-7-2-8(3-9(7)21-6-22(18,19)20)17-5-16-10-11(13)14-4-15-12(10)17/h2,4-5,8-9H,3,6H2,1H3,(H2,13,14,15)(H2,18,19,20)/p-2/t8-,9-/m1/s1. The van der Waals surface area contributed by atoms with E-state index in [1.54, 1.807) is 6.33 Å². The molecule has 2 aromatic rings. The van der Waals surface area contributed by atoms with Crippen molar-refractivity contribution < 1.29 is 19.4 Å². The van der Waals surface area contributed by atoms with E-state index in [-0.39, 0.29) is 6.04 Å². The summed E-state index contributed by atoms with van der Waals surface area (Å²) in [5.74, 6) is 0.300. The molecule has 0 radical (unpaired) electrons. The van der Waals surface area contributed by atoms with Crippen molar-refractivity contribution >= 4 is 24.9 Å². The summed E-state index contributed by atoms with van der Waals surface area (Å²) in [4.78, 5) is 44.4. The van der Waals surface area contributed by atoms with Crippen LogP contribution in [0.3, 0.4) is 0 Å². The van der Waals surface area contributed by atoms with Gasteiger partial charge in [0.1, 0.15) is 18.2 Å². The lowest BCUT2D eigenvalue weighted by atomic mass is 10.2. The van der Waals surface area contributed by atoms with Gasteiger partial charge in [0, 0.05) is 6.42 Å². The molecule has 0 amide bonds. The Bertz CT molecular complexity index is 726. The Balaban J connectivity index is 1.80. The predicted octanol–water partition coefficient (Wildman–Crippen LogP) is -1.51. The summed E-state index contributed by atoms with van der Waals surface area (Å²) in [5.41, 5.74) is 7.73. The van der Waals surface area contributed by atoms with Crippen LogP contribution in [0.15, 0.2) is 24.3 Å². The number of nitrogen functional groups attached to an aromatic ring is 1. The molecule has 118 valence electrons. The lowest BCUT2D eigenvalue weighted by molar-refractivity contribution is -0.432. The van der Waals surface area contributed by atoms with Gasteiger partial charge in [-0.05, 0) is 12.5 Å². The lowest BCUT2D eigenvalue weighted by Crippen LogP contribution is -2.36. The smallest absolute Gasteiger partial charge is 0.165 e. The second-order valence-electron chi connectivity index (χ2n) is 5.19. The number of rotatable bonds is 4. The van der Waals surface area contributed by atoms with E-state index in [1.165, 1.54) is 6.33 Å². The minimum Gasteiger partial charge on any atom is -0.686 e. The number of allylic oxidation sites excluding steroid dienone is 1. The van der Waals surface area contributed by atoms with Gasteiger partial charge in [-0.25, -0.2) is 15.0 Å². The van der Waals surface area contributed by atoms with Crippen molar-refractivity contribution in [1.29, 1.82) is 0 Å². The number of anilines is 1. The Labute approximate surface area is 126 Å². The van der Waals surface area contributed by atoms with Crippen LogP contribution in [0.25, 0.3) is 11.2 Å². The Kier molecular flexibility index (Phi) is 3.84. The average molecular weight is 323 g/mol. The summed E-state index contributed by atoms with van der Waals surface area (Å²) in [6.45, 7) is 1.83. The molecule has 0 spiro atoms. The van der Waals surface area contributed by atoms with Crippen LogP contribution in [-0.2, 0) is 4.74 Å². The summed E-state index contributed by atoms with van der Waals surface area (Å²) < 4.78 is 7.02. The van der Waals surface area contributed by atoms with Crippen LogP contribution >= 0.6 is 7.94 Å². The molecular weight excluding hydrogens is 309 g/mol. The first-order chi connectivity index (χ1) is 10.3. The zero-order valence-corrected chi connectivity index (χ0v) is 12.6. The third-order valence-corrected chi connectivity index (χ3v) is 4.06. The number of fused-ring (bicyclic) bond motifs is 1. The molecule has 2 heterocycles. The maximum absolute atomic E-state index is 10.7. The van der Waals surface area contributed by atoms with Gasteiger partial charge in [0.05, 0.1) is 18.5 Å². The quantitative estimate of drug-likeness (QED) is 0.527. The van der Waals surface area contributed by atoms with Crippen LogP contribution in [0, 0.1) is 0 Å². The molecule has 0 fully saturated rings. The Morgan fingerprint density at radius 2 is 2.14 bits per heavy atom. The van der Waals surface area contributed by atoms with Gasteiger partial charge in [-0.15, -0.1) is 7.94 Å². The monoisotopic (exact) mass is 323 g/mol. The molecule has 3 rings (SSSR count). The minimum absolute atomic E-state index is 0.0954. The van der Waals surface area contributed by atoms with Crippen molar-refractivity contribution in [3.05, 3.63) is 24.3 Å². The first kappa shape index (κ1) is 15.3. The highest BCUT2D eigenvalue weighted by molar-refractivity contribution is 7.53. The van der Waals surface area contributed by atoms with E-state index in [9.17, 15) is 14.7 Å². The second-order valence-corrected chi connectivity index (χ2v) is 6.67. The Morgan fingerprint density at radius 1 is 1.36 bits per heavy atom. The van der Waals surface area contributed by atoms with Gasteiger partial charge in [0.25, 0.3) is 0 Å². The van der Waals surface area contributed by atoms with Gasteiger partial charge >= 0.3 is 0 Å². The van der Waals surface area contributed by atoms with Gasteiger partial charge in [0.2, 0.25) is 0 Å². The summed E-state index contributed by atoms with van der Waals surface area (Å²) in [7, 11) is -4.68. The Morgan fingerprint density at radius 3 is 2.86 bits per heavy atom. The zero-order valence-electron chi connectivity index (χ0n) is 11.7. The van der Waals surface area contributed by atoms with Crippen molar-refractivity contribution in [1.82, 2.24) is 19.5 Å². The number of nitrogens with zero attached hydrogens (tertiary/aromatic N) is 4. The van der Waals surface area contributed by atoms with E-state index in [2.05, 4.69) is 15.0 Å². The molecule has 0 saturated heterocycles. The van der Waals surface area contributed by atoms with Crippen molar-refractivity contribution in [2.24, 2.45) is 0 Å². The molecule has 2 N–H and O–H groups in total. The molecule has 0 unspecified atom stereocenters. The fraction of sp³-hybridized carbons (Fsp3) is 0.417. The molecule has 0 aliphatic heterocycles. The van der Waals surface area contributed by atoms with Gasteiger partial charge in [-0.3, -0.25) is 0 Å². The van der Waals surface area contributed by atoms with Crippen molar-refractivity contribution in [2.75, 3.05) is 12.1 Å². The molecule has 1 aliphatic rings. The van der Waals surface area contributed by atoms with Crippen molar-refractivity contribution in [2.45, 2.75) is 25.5 Å². The molecule has 22 heavy (non-hydrogen) atoms. The van der Waals surface area contributed by atoms with E-state index in [0.29, 0.717) is 23.4 Å². The third kappa shape index (κ3) is 2.94. The van der Waals surface area contributed by atoms with Crippen LogP contribution in [-0.4, -0.2) is 32.0 Å². The summed E-state index contributed by atoms with van der Waals surface area (Å²) >= 11 is 0. The average Bonchev–Trinajstić information content (AvgIpc) is 3.00. The Hall–Kier alpha value is -1.64. The fourth-order valence-electron chi connectivity index (χ4n) is 2.57. The first-order valence-electron chi connectivity index (χ1n) is 6.59. The van der Waals surface area contributed by atoms with Crippen molar-refractivity contribution in [3.63, 3.8) is 0 Å². The highest BCUT2D eigenvalue weighted by Gasteiger charge is 2.27. The molecule has 2 atom stereocenters. The minimum atomic E-state index is -4.68. The van der Waals surface area contributed by atoms with E-state index in [1.807, 2.05) is 17.6 Å². The maximum Gasteiger partial charge on any atom is 0.165 e. The van der Waals surface area contributed by atoms with Crippen LogP contribution in [0.4, 0.5) is 5.82 Å². The van der Waals surface area contributed by atoms with Crippen LogP contribution < -0.4 is 20.4 Å². The topological polar surface area (TPSA) is 148 Å². The van der Waals surface area contributed by atoms with E-state index < -0.39 is 20.4 Å². The van der Waals surface area contributed by atoms with Crippen LogP contribution in [0.2, 0.25) is 0 Å². The maximum atomic E-state index is 10.7. The van der Waals surface area contributed by atoms with E-state index in [0.717, 1.165) is 5.57 Å². The molecule has 10 heteroatoms. The molecule has 0 aromatic carbocycles. The van der Waals surface area contributed by atoms with E-state index >= 15 is 0 Å². The first-order valence-corrected chi connectivity index (χ1v) is 8.32. The summed E-state index contributed by atoms with van der Waals surface area (Å²) in [6.07, 6.45) is 4.18.